The zero-order valence-electron chi connectivity index (χ0n) is 19.1. The number of imide groups is 1. The lowest BCUT2D eigenvalue weighted by Gasteiger charge is -2.14. The number of nitrogens with zero attached hydrogens (tertiary/aromatic N) is 2. The molecule has 0 spiro atoms. The molecule has 0 unspecified atom stereocenters. The zero-order chi connectivity index (χ0) is 24.9. The summed E-state index contributed by atoms with van der Waals surface area (Å²) >= 11 is 3.07. The second kappa shape index (κ2) is 11.0. The zero-order valence-corrected chi connectivity index (χ0v) is 22.1. The number of carbonyl (C=O) groups is 2. The maximum absolute atomic E-state index is 12.9. The number of rotatable bonds is 7. The highest BCUT2D eigenvalue weighted by molar-refractivity contribution is 14.1. The summed E-state index contributed by atoms with van der Waals surface area (Å²) in [5.41, 5.74) is 4.07. The van der Waals surface area contributed by atoms with Crippen LogP contribution in [-0.2, 0) is 17.9 Å². The fraction of sp³-hybridized carbons (Fsp3) is 0.148. The predicted octanol–water partition coefficient (Wildman–Crippen LogP) is 6.30. The Labute approximate surface area is 221 Å². The molecule has 0 atom stereocenters. The van der Waals surface area contributed by atoms with Gasteiger partial charge >= 0.3 is 0 Å². The van der Waals surface area contributed by atoms with Crippen molar-refractivity contribution >= 4 is 51.6 Å². The molecule has 1 saturated heterocycles. The summed E-state index contributed by atoms with van der Waals surface area (Å²) in [5, 5.41) is 9.01. The minimum Gasteiger partial charge on any atom is -0.493 e. The van der Waals surface area contributed by atoms with Gasteiger partial charge in [0, 0.05) is 5.56 Å². The monoisotopic (exact) mass is 596 g/mol. The number of methoxy groups -OCH3 is 1. The highest BCUT2D eigenvalue weighted by Gasteiger charge is 2.35. The Morgan fingerprint density at radius 2 is 1.86 bits per heavy atom. The Hall–Kier alpha value is -3.29. The molecule has 3 aromatic rings. The molecule has 1 heterocycles. The minimum atomic E-state index is -0.317. The molecule has 8 heteroatoms. The van der Waals surface area contributed by atoms with E-state index in [1.165, 1.54) is 4.90 Å². The lowest BCUT2D eigenvalue weighted by atomic mass is 10.1. The number of benzene rings is 3. The van der Waals surface area contributed by atoms with Gasteiger partial charge in [-0.1, -0.05) is 48.0 Å². The standard InChI is InChI=1S/C27H21IN2O4S/c1-17-7-9-18(10-8-17)15-30-26(31)24(35-27(30)32)13-19-11-22(28)25(23(12-19)33-2)34-16-21-6-4-3-5-20(21)14-29/h3-13H,15-16H2,1-2H3/b24-13-. The SMILES string of the molecule is COc1cc(/C=C2\SC(=O)N(Cc3ccc(C)cc3)C2=O)cc(I)c1OCc1ccccc1C#N. The highest BCUT2D eigenvalue weighted by Crippen LogP contribution is 2.38. The molecular formula is C27H21IN2O4S. The molecule has 1 aliphatic rings. The van der Waals surface area contributed by atoms with Crippen molar-refractivity contribution in [2.45, 2.75) is 20.1 Å². The van der Waals surface area contributed by atoms with E-state index in [4.69, 9.17) is 9.47 Å². The van der Waals surface area contributed by atoms with E-state index in [2.05, 4.69) is 28.7 Å². The van der Waals surface area contributed by atoms with Crippen molar-refractivity contribution in [3.8, 4) is 17.6 Å². The molecule has 35 heavy (non-hydrogen) atoms. The number of aryl methyl sites for hydroxylation is 1. The molecule has 0 N–H and O–H groups in total. The quantitative estimate of drug-likeness (QED) is 0.236. The van der Waals surface area contributed by atoms with E-state index in [0.717, 1.165) is 37.6 Å². The van der Waals surface area contributed by atoms with Gasteiger partial charge in [0.15, 0.2) is 11.5 Å². The Morgan fingerprint density at radius 1 is 1.11 bits per heavy atom. The highest BCUT2D eigenvalue weighted by atomic mass is 127. The van der Waals surface area contributed by atoms with Gasteiger partial charge in [0.25, 0.3) is 11.1 Å². The first-order chi connectivity index (χ1) is 16.9. The van der Waals surface area contributed by atoms with Gasteiger partial charge in [-0.2, -0.15) is 5.26 Å². The Bertz CT molecular complexity index is 1360. The molecule has 176 valence electrons. The normalized spacial score (nSPS) is 14.3. The maximum atomic E-state index is 12.9. The lowest BCUT2D eigenvalue weighted by Crippen LogP contribution is -2.27. The molecule has 3 aromatic carbocycles. The van der Waals surface area contributed by atoms with Crippen LogP contribution in [0.4, 0.5) is 4.79 Å². The Kier molecular flexibility index (Phi) is 7.78. The smallest absolute Gasteiger partial charge is 0.293 e. The van der Waals surface area contributed by atoms with Crippen molar-refractivity contribution in [2.24, 2.45) is 0 Å². The molecule has 6 nitrogen and oxygen atoms in total. The molecule has 0 aliphatic carbocycles. The Morgan fingerprint density at radius 3 is 2.57 bits per heavy atom. The number of thioether (sulfide) groups is 1. The lowest BCUT2D eigenvalue weighted by molar-refractivity contribution is -0.123. The van der Waals surface area contributed by atoms with Crippen molar-refractivity contribution in [1.29, 1.82) is 5.26 Å². The number of ether oxygens (including phenoxy) is 2. The van der Waals surface area contributed by atoms with Gasteiger partial charge in [-0.15, -0.1) is 0 Å². The summed E-state index contributed by atoms with van der Waals surface area (Å²) in [5.74, 6) is 0.727. The van der Waals surface area contributed by atoms with Crippen LogP contribution in [0.25, 0.3) is 6.08 Å². The van der Waals surface area contributed by atoms with E-state index < -0.39 is 0 Å². The van der Waals surface area contributed by atoms with E-state index in [1.54, 1.807) is 25.3 Å². The number of nitriles is 1. The summed E-state index contributed by atoms with van der Waals surface area (Å²) in [6.45, 7) is 2.44. The third-order valence-corrected chi connectivity index (χ3v) is 7.10. The third kappa shape index (κ3) is 5.69. The van der Waals surface area contributed by atoms with Crippen molar-refractivity contribution in [3.63, 3.8) is 0 Å². The van der Waals surface area contributed by atoms with Gasteiger partial charge in [0.05, 0.1) is 33.8 Å². The van der Waals surface area contributed by atoms with Crippen LogP contribution in [0.2, 0.25) is 0 Å². The average Bonchev–Trinajstić information content (AvgIpc) is 3.11. The topological polar surface area (TPSA) is 79.6 Å². The van der Waals surface area contributed by atoms with Crippen molar-refractivity contribution < 1.29 is 19.1 Å². The second-order valence-corrected chi connectivity index (χ2v) is 10.0. The van der Waals surface area contributed by atoms with Crippen LogP contribution in [0.1, 0.15) is 27.8 Å². The van der Waals surface area contributed by atoms with Crippen molar-refractivity contribution in [1.82, 2.24) is 4.90 Å². The molecule has 0 bridgehead atoms. The van der Waals surface area contributed by atoms with Crippen LogP contribution in [0.5, 0.6) is 11.5 Å². The van der Waals surface area contributed by atoms with Gasteiger partial charge in [-0.25, -0.2) is 0 Å². The first kappa shape index (κ1) is 24.8. The molecule has 4 rings (SSSR count). The van der Waals surface area contributed by atoms with Gasteiger partial charge in [-0.3, -0.25) is 14.5 Å². The van der Waals surface area contributed by atoms with E-state index in [-0.39, 0.29) is 24.3 Å². The molecule has 1 aliphatic heterocycles. The molecule has 0 aromatic heterocycles. The molecule has 2 amide bonds. The van der Waals surface area contributed by atoms with Crippen molar-refractivity contribution in [3.05, 3.63) is 97.0 Å². The average molecular weight is 596 g/mol. The number of hydrogen-bond donors (Lipinski definition) is 0. The number of hydrogen-bond acceptors (Lipinski definition) is 6. The predicted molar refractivity (Wildman–Crippen MR) is 144 cm³/mol. The first-order valence-corrected chi connectivity index (χ1v) is 12.6. The summed E-state index contributed by atoms with van der Waals surface area (Å²) < 4.78 is 12.3. The van der Waals surface area contributed by atoms with Crippen LogP contribution in [-0.4, -0.2) is 23.2 Å². The summed E-state index contributed by atoms with van der Waals surface area (Å²) in [7, 11) is 1.54. The molecular weight excluding hydrogens is 575 g/mol. The van der Waals surface area contributed by atoms with Crippen molar-refractivity contribution in [2.75, 3.05) is 7.11 Å². The first-order valence-electron chi connectivity index (χ1n) is 10.7. The summed E-state index contributed by atoms with van der Waals surface area (Å²) in [6.07, 6.45) is 1.69. The molecule has 0 saturated carbocycles. The van der Waals surface area contributed by atoms with Gasteiger partial charge in [-0.05, 0) is 76.7 Å². The van der Waals surface area contributed by atoms with Crippen LogP contribution in [0, 0.1) is 21.8 Å². The largest absolute Gasteiger partial charge is 0.493 e. The van der Waals surface area contributed by atoms with Gasteiger partial charge in [0.2, 0.25) is 0 Å². The number of amides is 2. The molecule has 1 fully saturated rings. The van der Waals surface area contributed by atoms with Crippen LogP contribution >= 0.6 is 34.4 Å². The van der Waals surface area contributed by atoms with Crippen LogP contribution in [0.15, 0.2) is 65.6 Å². The van der Waals surface area contributed by atoms with Gasteiger partial charge < -0.3 is 9.47 Å². The van der Waals surface area contributed by atoms with E-state index >= 15 is 0 Å². The van der Waals surface area contributed by atoms with E-state index in [9.17, 15) is 14.9 Å². The molecule has 0 radical (unpaired) electrons. The fourth-order valence-corrected chi connectivity index (χ4v) is 5.15. The third-order valence-electron chi connectivity index (χ3n) is 5.39. The summed E-state index contributed by atoms with van der Waals surface area (Å²) in [6, 6.07) is 20.8. The number of carbonyl (C=O) groups excluding carboxylic acids is 2. The number of halogens is 1. The minimum absolute atomic E-state index is 0.216. The van der Waals surface area contributed by atoms with E-state index in [0.29, 0.717) is 22.0 Å². The fourth-order valence-electron chi connectivity index (χ4n) is 3.53. The maximum Gasteiger partial charge on any atom is 0.293 e. The van der Waals surface area contributed by atoms with Gasteiger partial charge in [0.1, 0.15) is 6.61 Å². The van der Waals surface area contributed by atoms with Crippen LogP contribution < -0.4 is 9.47 Å². The summed E-state index contributed by atoms with van der Waals surface area (Å²) in [4.78, 5) is 27.1. The Balaban J connectivity index is 1.54. The van der Waals surface area contributed by atoms with Crippen LogP contribution in [0.3, 0.4) is 0 Å². The van der Waals surface area contributed by atoms with E-state index in [1.807, 2.05) is 55.5 Å². The second-order valence-electron chi connectivity index (χ2n) is 7.85.